The smallest absolute Gasteiger partial charge is 0.125 e. The van der Waals surface area contributed by atoms with Crippen molar-refractivity contribution >= 4 is 21.6 Å². The van der Waals surface area contributed by atoms with Gasteiger partial charge < -0.3 is 15.2 Å². The van der Waals surface area contributed by atoms with Crippen LogP contribution in [0.3, 0.4) is 0 Å². The summed E-state index contributed by atoms with van der Waals surface area (Å²) in [5.74, 6) is 1.60. The quantitative estimate of drug-likeness (QED) is 0.868. The first-order valence-corrected chi connectivity index (χ1v) is 6.71. The molecule has 19 heavy (non-hydrogen) atoms. The molecule has 0 amide bonds. The molecule has 0 aliphatic heterocycles. The molecule has 3 nitrogen and oxygen atoms in total. The van der Waals surface area contributed by atoms with Gasteiger partial charge in [0.2, 0.25) is 0 Å². The molecule has 2 N–H and O–H groups in total. The number of hydrogen-bond donors (Lipinski definition) is 1. The number of nitrogens with two attached hydrogens (primary N) is 1. The molecule has 0 aliphatic carbocycles. The molecule has 0 atom stereocenters. The Labute approximate surface area is 121 Å². The Bertz CT molecular complexity index is 584. The Morgan fingerprint density at radius 2 is 1.95 bits per heavy atom. The van der Waals surface area contributed by atoms with E-state index < -0.39 is 0 Å². The van der Waals surface area contributed by atoms with E-state index in [4.69, 9.17) is 15.2 Å². The monoisotopic (exact) mass is 321 g/mol. The van der Waals surface area contributed by atoms with E-state index in [0.717, 1.165) is 27.1 Å². The number of rotatable bonds is 4. The number of nitrogen functional groups attached to an aromatic ring is 1. The first-order valence-electron chi connectivity index (χ1n) is 5.91. The summed E-state index contributed by atoms with van der Waals surface area (Å²) >= 11 is 3.47. The molecule has 2 aromatic rings. The van der Waals surface area contributed by atoms with Gasteiger partial charge in [0.1, 0.15) is 18.1 Å². The van der Waals surface area contributed by atoms with Crippen LogP contribution in [-0.2, 0) is 6.61 Å². The first kappa shape index (κ1) is 13.7. The predicted octanol–water partition coefficient (Wildman–Crippen LogP) is 3.93. The van der Waals surface area contributed by atoms with Gasteiger partial charge in [-0.3, -0.25) is 0 Å². The zero-order valence-electron chi connectivity index (χ0n) is 10.9. The van der Waals surface area contributed by atoms with Crippen molar-refractivity contribution < 1.29 is 9.47 Å². The third-order valence-electron chi connectivity index (χ3n) is 2.83. The van der Waals surface area contributed by atoms with Crippen LogP contribution in [0, 0.1) is 6.92 Å². The van der Waals surface area contributed by atoms with Crippen LogP contribution in [0.25, 0.3) is 0 Å². The molecule has 0 fully saturated rings. The van der Waals surface area contributed by atoms with Gasteiger partial charge in [0.25, 0.3) is 0 Å². The van der Waals surface area contributed by atoms with E-state index in [2.05, 4.69) is 15.9 Å². The molecule has 0 saturated carbocycles. The minimum absolute atomic E-state index is 0.426. The number of ether oxygens (including phenoxy) is 2. The molecule has 0 saturated heterocycles. The second kappa shape index (κ2) is 5.97. The van der Waals surface area contributed by atoms with Gasteiger partial charge in [-0.15, -0.1) is 0 Å². The van der Waals surface area contributed by atoms with E-state index in [1.165, 1.54) is 0 Å². The lowest BCUT2D eigenvalue weighted by atomic mass is 10.2. The zero-order chi connectivity index (χ0) is 13.8. The van der Waals surface area contributed by atoms with Crippen molar-refractivity contribution in [2.24, 2.45) is 0 Å². The number of benzene rings is 2. The maximum Gasteiger partial charge on any atom is 0.125 e. The molecule has 0 bridgehead atoms. The second-order valence-corrected chi connectivity index (χ2v) is 5.13. The Balaban J connectivity index is 2.13. The number of hydrogen-bond acceptors (Lipinski definition) is 3. The van der Waals surface area contributed by atoms with Crippen LogP contribution >= 0.6 is 15.9 Å². The van der Waals surface area contributed by atoms with E-state index in [9.17, 15) is 0 Å². The van der Waals surface area contributed by atoms with E-state index in [0.29, 0.717) is 12.3 Å². The third kappa shape index (κ3) is 3.41. The summed E-state index contributed by atoms with van der Waals surface area (Å²) in [6.45, 7) is 2.45. The Morgan fingerprint density at radius 1 is 1.16 bits per heavy atom. The van der Waals surface area contributed by atoms with Gasteiger partial charge in [0.05, 0.1) is 7.11 Å². The number of methoxy groups -OCH3 is 1. The predicted molar refractivity (Wildman–Crippen MR) is 80.6 cm³/mol. The standard InChI is InChI=1S/C15H16BrNO2/c1-10-7-13(4-5-14(10)16)19-9-11-8-12(17)3-6-15(11)18-2/h3-8H,9,17H2,1-2H3. The summed E-state index contributed by atoms with van der Waals surface area (Å²) in [5.41, 5.74) is 8.55. The lowest BCUT2D eigenvalue weighted by Gasteiger charge is -2.11. The van der Waals surface area contributed by atoms with Gasteiger partial charge in [0, 0.05) is 15.7 Å². The van der Waals surface area contributed by atoms with E-state index in [1.807, 2.05) is 43.3 Å². The fourth-order valence-electron chi connectivity index (χ4n) is 1.78. The first-order chi connectivity index (χ1) is 9.10. The Morgan fingerprint density at radius 3 is 2.63 bits per heavy atom. The fraction of sp³-hybridized carbons (Fsp3) is 0.200. The number of aryl methyl sites for hydroxylation is 1. The molecule has 0 heterocycles. The molecule has 100 valence electrons. The highest BCUT2D eigenvalue weighted by Gasteiger charge is 2.05. The molecule has 2 rings (SSSR count). The van der Waals surface area contributed by atoms with Crippen molar-refractivity contribution in [1.29, 1.82) is 0 Å². The highest BCUT2D eigenvalue weighted by atomic mass is 79.9. The second-order valence-electron chi connectivity index (χ2n) is 4.27. The van der Waals surface area contributed by atoms with Gasteiger partial charge in [0.15, 0.2) is 0 Å². The summed E-state index contributed by atoms with van der Waals surface area (Å²) in [7, 11) is 1.64. The molecule has 0 aromatic heterocycles. The third-order valence-corrected chi connectivity index (χ3v) is 3.72. The average molecular weight is 322 g/mol. The molecular weight excluding hydrogens is 306 g/mol. The van der Waals surface area contributed by atoms with Crippen molar-refractivity contribution in [2.45, 2.75) is 13.5 Å². The van der Waals surface area contributed by atoms with Gasteiger partial charge in [-0.1, -0.05) is 15.9 Å². The van der Waals surface area contributed by atoms with E-state index in [-0.39, 0.29) is 0 Å². The van der Waals surface area contributed by atoms with Crippen molar-refractivity contribution in [1.82, 2.24) is 0 Å². The molecule has 0 unspecified atom stereocenters. The molecule has 2 aromatic carbocycles. The highest BCUT2D eigenvalue weighted by Crippen LogP contribution is 2.25. The van der Waals surface area contributed by atoms with Crippen molar-refractivity contribution in [3.05, 3.63) is 52.0 Å². The lowest BCUT2D eigenvalue weighted by Crippen LogP contribution is -2.00. The van der Waals surface area contributed by atoms with Crippen molar-refractivity contribution in [3.63, 3.8) is 0 Å². The van der Waals surface area contributed by atoms with E-state index >= 15 is 0 Å². The maximum atomic E-state index is 5.78. The highest BCUT2D eigenvalue weighted by molar-refractivity contribution is 9.10. The van der Waals surface area contributed by atoms with E-state index in [1.54, 1.807) is 7.11 Å². The molecule has 0 spiro atoms. The topological polar surface area (TPSA) is 44.5 Å². The van der Waals surface area contributed by atoms with Gasteiger partial charge in [-0.2, -0.15) is 0 Å². The summed E-state index contributed by atoms with van der Waals surface area (Å²) in [6.07, 6.45) is 0. The SMILES string of the molecule is COc1ccc(N)cc1COc1ccc(Br)c(C)c1. The van der Waals surface area contributed by atoms with Crippen molar-refractivity contribution in [3.8, 4) is 11.5 Å². The van der Waals surface area contributed by atoms with Crippen LogP contribution in [0.15, 0.2) is 40.9 Å². The van der Waals surface area contributed by atoms with Gasteiger partial charge in [-0.05, 0) is 48.9 Å². The average Bonchev–Trinajstić information content (AvgIpc) is 2.40. The van der Waals surface area contributed by atoms with Gasteiger partial charge in [-0.25, -0.2) is 0 Å². The molecular formula is C15H16BrNO2. The van der Waals surface area contributed by atoms with Crippen LogP contribution in [0.2, 0.25) is 0 Å². The van der Waals surface area contributed by atoms with Crippen LogP contribution in [0.5, 0.6) is 11.5 Å². The minimum atomic E-state index is 0.426. The van der Waals surface area contributed by atoms with Crippen LogP contribution in [-0.4, -0.2) is 7.11 Å². The van der Waals surface area contributed by atoms with Gasteiger partial charge >= 0.3 is 0 Å². The summed E-state index contributed by atoms with van der Waals surface area (Å²) in [5, 5.41) is 0. The molecule has 0 radical (unpaired) electrons. The molecule has 4 heteroatoms. The van der Waals surface area contributed by atoms with Crippen LogP contribution < -0.4 is 15.2 Å². The largest absolute Gasteiger partial charge is 0.496 e. The normalized spacial score (nSPS) is 10.3. The fourth-order valence-corrected chi connectivity index (χ4v) is 2.03. The summed E-state index contributed by atoms with van der Waals surface area (Å²) < 4.78 is 12.1. The number of anilines is 1. The van der Waals surface area contributed by atoms with Crippen LogP contribution in [0.1, 0.15) is 11.1 Å². The summed E-state index contributed by atoms with van der Waals surface area (Å²) in [6, 6.07) is 11.4. The minimum Gasteiger partial charge on any atom is -0.496 e. The Kier molecular flexibility index (Phi) is 4.32. The zero-order valence-corrected chi connectivity index (χ0v) is 12.5. The maximum absolute atomic E-state index is 5.78. The van der Waals surface area contributed by atoms with Crippen molar-refractivity contribution in [2.75, 3.05) is 12.8 Å². The van der Waals surface area contributed by atoms with Crippen LogP contribution in [0.4, 0.5) is 5.69 Å². The summed E-state index contributed by atoms with van der Waals surface area (Å²) in [4.78, 5) is 0. The number of halogens is 1. The Hall–Kier alpha value is -1.68. The lowest BCUT2D eigenvalue weighted by molar-refractivity contribution is 0.296. The molecule has 0 aliphatic rings.